The third-order valence-corrected chi connectivity index (χ3v) is 2.04. The standard InChI is InChI=1S/C12H21N3/c1-5-13-11-10(7-6-8-14-11)9-15-12(2,3)4/h6-8,15H,5,9H2,1-4H3,(H,13,14). The van der Waals surface area contributed by atoms with Crippen molar-refractivity contribution >= 4 is 5.82 Å². The van der Waals surface area contributed by atoms with Crippen LogP contribution in [0.15, 0.2) is 18.3 Å². The monoisotopic (exact) mass is 207 g/mol. The molecule has 1 aromatic heterocycles. The highest BCUT2D eigenvalue weighted by molar-refractivity contribution is 5.43. The van der Waals surface area contributed by atoms with Gasteiger partial charge < -0.3 is 10.6 Å². The number of nitrogens with one attached hydrogen (secondary N) is 2. The fraction of sp³-hybridized carbons (Fsp3) is 0.583. The Labute approximate surface area is 92.3 Å². The minimum atomic E-state index is 0.138. The van der Waals surface area contributed by atoms with Crippen LogP contribution < -0.4 is 10.6 Å². The van der Waals surface area contributed by atoms with Gasteiger partial charge in [-0.15, -0.1) is 0 Å². The van der Waals surface area contributed by atoms with Gasteiger partial charge in [0, 0.05) is 30.4 Å². The summed E-state index contributed by atoms with van der Waals surface area (Å²) >= 11 is 0. The SMILES string of the molecule is CCNc1ncccc1CNC(C)(C)C. The van der Waals surface area contributed by atoms with E-state index in [0.717, 1.165) is 18.9 Å². The van der Waals surface area contributed by atoms with Crippen LogP contribution in [0.2, 0.25) is 0 Å². The molecule has 2 N–H and O–H groups in total. The molecule has 0 aromatic carbocycles. The van der Waals surface area contributed by atoms with Crippen LogP contribution in [0, 0.1) is 0 Å². The molecule has 0 spiro atoms. The lowest BCUT2D eigenvalue weighted by atomic mass is 10.1. The summed E-state index contributed by atoms with van der Waals surface area (Å²) in [5, 5.41) is 6.72. The van der Waals surface area contributed by atoms with Crippen molar-refractivity contribution in [3.8, 4) is 0 Å². The van der Waals surface area contributed by atoms with Crippen LogP contribution in [0.4, 0.5) is 5.82 Å². The highest BCUT2D eigenvalue weighted by Gasteiger charge is 2.10. The molecule has 3 heteroatoms. The third-order valence-electron chi connectivity index (χ3n) is 2.04. The van der Waals surface area contributed by atoms with Gasteiger partial charge in [-0.2, -0.15) is 0 Å². The number of nitrogens with zero attached hydrogens (tertiary/aromatic N) is 1. The first-order valence-electron chi connectivity index (χ1n) is 5.45. The first kappa shape index (κ1) is 12.0. The summed E-state index contributed by atoms with van der Waals surface area (Å²) in [6.45, 7) is 10.3. The molecule has 0 aliphatic heterocycles. The summed E-state index contributed by atoms with van der Waals surface area (Å²) in [5.41, 5.74) is 1.36. The van der Waals surface area contributed by atoms with E-state index in [9.17, 15) is 0 Å². The fourth-order valence-electron chi connectivity index (χ4n) is 1.27. The minimum absolute atomic E-state index is 0.138. The second kappa shape index (κ2) is 5.12. The van der Waals surface area contributed by atoms with E-state index in [1.54, 1.807) is 0 Å². The molecule has 0 aliphatic rings. The Kier molecular flexibility index (Phi) is 4.09. The van der Waals surface area contributed by atoms with Crippen LogP contribution in [0.25, 0.3) is 0 Å². The number of rotatable bonds is 4. The molecule has 0 aliphatic carbocycles. The molecule has 1 heterocycles. The first-order chi connectivity index (χ1) is 7.03. The Morgan fingerprint density at radius 2 is 2.07 bits per heavy atom. The van der Waals surface area contributed by atoms with Crippen LogP contribution in [-0.2, 0) is 6.54 Å². The molecule has 0 amide bonds. The summed E-state index contributed by atoms with van der Waals surface area (Å²) < 4.78 is 0. The van der Waals surface area contributed by atoms with Crippen molar-refractivity contribution in [3.63, 3.8) is 0 Å². The van der Waals surface area contributed by atoms with Crippen molar-refractivity contribution in [2.75, 3.05) is 11.9 Å². The lowest BCUT2D eigenvalue weighted by Crippen LogP contribution is -2.35. The average Bonchev–Trinajstić information content (AvgIpc) is 2.16. The Morgan fingerprint density at radius 3 is 2.67 bits per heavy atom. The molecular formula is C12H21N3. The third kappa shape index (κ3) is 4.30. The molecule has 0 saturated carbocycles. The van der Waals surface area contributed by atoms with Crippen molar-refractivity contribution in [1.82, 2.24) is 10.3 Å². The second-order valence-electron chi connectivity index (χ2n) is 4.65. The van der Waals surface area contributed by atoms with Crippen molar-refractivity contribution in [3.05, 3.63) is 23.9 Å². The number of aromatic nitrogens is 1. The van der Waals surface area contributed by atoms with Gasteiger partial charge in [0.05, 0.1) is 0 Å². The van der Waals surface area contributed by atoms with E-state index in [1.807, 2.05) is 12.3 Å². The number of pyridine rings is 1. The molecule has 0 saturated heterocycles. The molecule has 15 heavy (non-hydrogen) atoms. The van der Waals surface area contributed by atoms with E-state index in [2.05, 4.69) is 49.4 Å². The van der Waals surface area contributed by atoms with E-state index < -0.39 is 0 Å². The molecule has 0 atom stereocenters. The van der Waals surface area contributed by atoms with Crippen molar-refractivity contribution in [1.29, 1.82) is 0 Å². The lowest BCUT2D eigenvalue weighted by molar-refractivity contribution is 0.424. The lowest BCUT2D eigenvalue weighted by Gasteiger charge is -2.21. The number of hydrogen-bond acceptors (Lipinski definition) is 3. The quantitative estimate of drug-likeness (QED) is 0.796. The van der Waals surface area contributed by atoms with E-state index in [1.165, 1.54) is 5.56 Å². The molecular weight excluding hydrogens is 186 g/mol. The Balaban J connectivity index is 2.67. The van der Waals surface area contributed by atoms with E-state index in [-0.39, 0.29) is 5.54 Å². The van der Waals surface area contributed by atoms with E-state index >= 15 is 0 Å². The summed E-state index contributed by atoms with van der Waals surface area (Å²) in [4.78, 5) is 4.32. The summed E-state index contributed by atoms with van der Waals surface area (Å²) in [6, 6.07) is 4.07. The van der Waals surface area contributed by atoms with Crippen molar-refractivity contribution < 1.29 is 0 Å². The maximum atomic E-state index is 4.32. The van der Waals surface area contributed by atoms with Gasteiger partial charge in [0.1, 0.15) is 5.82 Å². The van der Waals surface area contributed by atoms with Gasteiger partial charge in [-0.25, -0.2) is 4.98 Å². The maximum Gasteiger partial charge on any atom is 0.130 e. The van der Waals surface area contributed by atoms with Gasteiger partial charge in [-0.1, -0.05) is 6.07 Å². The number of anilines is 1. The molecule has 0 fully saturated rings. The highest BCUT2D eigenvalue weighted by atomic mass is 15.0. The van der Waals surface area contributed by atoms with Crippen LogP contribution in [-0.4, -0.2) is 17.1 Å². The zero-order valence-electron chi connectivity index (χ0n) is 10.1. The largest absolute Gasteiger partial charge is 0.370 e. The Morgan fingerprint density at radius 1 is 1.33 bits per heavy atom. The van der Waals surface area contributed by atoms with Crippen LogP contribution in [0.5, 0.6) is 0 Å². The number of hydrogen-bond donors (Lipinski definition) is 2. The van der Waals surface area contributed by atoms with Crippen LogP contribution in [0.1, 0.15) is 33.3 Å². The van der Waals surface area contributed by atoms with Gasteiger partial charge in [-0.3, -0.25) is 0 Å². The van der Waals surface area contributed by atoms with Gasteiger partial charge in [0.2, 0.25) is 0 Å². The van der Waals surface area contributed by atoms with Crippen LogP contribution in [0.3, 0.4) is 0 Å². The molecule has 1 rings (SSSR count). The zero-order valence-corrected chi connectivity index (χ0v) is 10.1. The predicted molar refractivity (Wildman–Crippen MR) is 65.0 cm³/mol. The summed E-state index contributed by atoms with van der Waals surface area (Å²) in [5.74, 6) is 0.983. The fourth-order valence-corrected chi connectivity index (χ4v) is 1.27. The van der Waals surface area contributed by atoms with Crippen LogP contribution >= 0.6 is 0 Å². The molecule has 1 aromatic rings. The molecule has 3 nitrogen and oxygen atoms in total. The van der Waals surface area contributed by atoms with Gasteiger partial charge in [-0.05, 0) is 33.8 Å². The normalized spacial score (nSPS) is 11.5. The van der Waals surface area contributed by atoms with E-state index in [0.29, 0.717) is 0 Å². The average molecular weight is 207 g/mol. The van der Waals surface area contributed by atoms with Crippen molar-refractivity contribution in [2.45, 2.75) is 39.8 Å². The second-order valence-corrected chi connectivity index (χ2v) is 4.65. The predicted octanol–water partition coefficient (Wildman–Crippen LogP) is 2.40. The summed E-state index contributed by atoms with van der Waals surface area (Å²) in [6.07, 6.45) is 1.82. The summed E-state index contributed by atoms with van der Waals surface area (Å²) in [7, 11) is 0. The highest BCUT2D eigenvalue weighted by Crippen LogP contribution is 2.12. The van der Waals surface area contributed by atoms with Gasteiger partial charge >= 0.3 is 0 Å². The zero-order chi connectivity index (χ0) is 11.3. The maximum absolute atomic E-state index is 4.32. The Hall–Kier alpha value is -1.09. The van der Waals surface area contributed by atoms with Gasteiger partial charge in [0.25, 0.3) is 0 Å². The smallest absolute Gasteiger partial charge is 0.130 e. The molecule has 84 valence electrons. The molecule has 0 radical (unpaired) electrons. The Bertz CT molecular complexity index is 302. The van der Waals surface area contributed by atoms with E-state index in [4.69, 9.17) is 0 Å². The van der Waals surface area contributed by atoms with Crippen molar-refractivity contribution in [2.24, 2.45) is 0 Å². The topological polar surface area (TPSA) is 37.0 Å². The van der Waals surface area contributed by atoms with Gasteiger partial charge in [0.15, 0.2) is 0 Å². The molecule has 0 bridgehead atoms. The minimum Gasteiger partial charge on any atom is -0.370 e. The first-order valence-corrected chi connectivity index (χ1v) is 5.45. The molecule has 0 unspecified atom stereocenters.